The molecule has 1 aliphatic heterocycles. The summed E-state index contributed by atoms with van der Waals surface area (Å²) in [5, 5.41) is 5.04. The third-order valence-corrected chi connectivity index (χ3v) is 6.17. The molecule has 0 saturated carbocycles. The first-order valence-electron chi connectivity index (χ1n) is 11.2. The van der Waals surface area contributed by atoms with E-state index in [0.29, 0.717) is 25.2 Å². The Kier molecular flexibility index (Phi) is 5.85. The molecule has 0 aliphatic carbocycles. The number of hydrogen-bond donors (Lipinski definition) is 1. The molecule has 166 valence electrons. The minimum absolute atomic E-state index is 0.0149. The maximum Gasteiger partial charge on any atom is 0.254 e. The first-order chi connectivity index (χ1) is 16.2. The quantitative estimate of drug-likeness (QED) is 0.515. The number of rotatable bonds is 5. The third-order valence-electron chi connectivity index (χ3n) is 6.17. The van der Waals surface area contributed by atoms with Crippen LogP contribution in [-0.2, 0) is 11.3 Å². The Morgan fingerprint density at radius 3 is 2.79 bits per heavy atom. The Hall–Kier alpha value is -4.00. The molecule has 4 aromatic rings. The zero-order valence-corrected chi connectivity index (χ0v) is 18.2. The number of carbonyl (C=O) groups is 2. The molecule has 7 heteroatoms. The van der Waals surface area contributed by atoms with Crippen LogP contribution >= 0.6 is 0 Å². The van der Waals surface area contributed by atoms with Gasteiger partial charge in [0.15, 0.2) is 0 Å². The lowest BCUT2D eigenvalue weighted by atomic mass is 9.95. The number of nitrogens with one attached hydrogen (secondary N) is 1. The van der Waals surface area contributed by atoms with Gasteiger partial charge in [-0.1, -0.05) is 42.5 Å². The van der Waals surface area contributed by atoms with E-state index in [-0.39, 0.29) is 17.7 Å². The molecule has 1 saturated heterocycles. The van der Waals surface area contributed by atoms with E-state index in [1.54, 1.807) is 18.7 Å². The second kappa shape index (κ2) is 9.24. The average Bonchev–Trinajstić information content (AvgIpc) is 3.42. The van der Waals surface area contributed by atoms with Gasteiger partial charge in [0.05, 0.1) is 5.92 Å². The Balaban J connectivity index is 1.27. The predicted octanol–water partition coefficient (Wildman–Crippen LogP) is 3.59. The largest absolute Gasteiger partial charge is 0.352 e. The van der Waals surface area contributed by atoms with Gasteiger partial charge in [-0.2, -0.15) is 0 Å². The highest BCUT2D eigenvalue weighted by Crippen LogP contribution is 2.24. The van der Waals surface area contributed by atoms with Gasteiger partial charge in [-0.05, 0) is 35.7 Å². The molecule has 2 aromatic carbocycles. The van der Waals surface area contributed by atoms with Crippen LogP contribution in [0.5, 0.6) is 0 Å². The van der Waals surface area contributed by atoms with E-state index in [0.717, 1.165) is 35.0 Å². The molecule has 1 N–H and O–H groups in total. The van der Waals surface area contributed by atoms with Crippen LogP contribution in [0.25, 0.3) is 16.6 Å². The second-order valence-corrected chi connectivity index (χ2v) is 8.29. The molecule has 1 aliphatic rings. The minimum Gasteiger partial charge on any atom is -0.352 e. The Labute approximate surface area is 192 Å². The topological polar surface area (TPSA) is 80.1 Å². The summed E-state index contributed by atoms with van der Waals surface area (Å²) in [7, 11) is 0. The van der Waals surface area contributed by atoms with Gasteiger partial charge in [0.2, 0.25) is 5.91 Å². The molecular weight excluding hydrogens is 414 g/mol. The lowest BCUT2D eigenvalue weighted by Crippen LogP contribution is -2.45. The smallest absolute Gasteiger partial charge is 0.254 e. The zero-order chi connectivity index (χ0) is 22.6. The van der Waals surface area contributed by atoms with Crippen LogP contribution in [0, 0.1) is 5.92 Å². The van der Waals surface area contributed by atoms with Crippen LogP contribution < -0.4 is 5.32 Å². The standard InChI is InChI=1S/C26H25N5O2/c32-25(29-16-20-8-4-12-28-24(20)31-15-13-27-18-31)21-9-5-14-30(17-21)26(33)23-11-3-7-19-6-1-2-10-22(19)23/h1-4,6-8,10-13,15,18,21H,5,9,14,16-17H2,(H,29,32)/t21-/m1/s1. The van der Waals surface area contributed by atoms with E-state index < -0.39 is 0 Å². The van der Waals surface area contributed by atoms with Crippen molar-refractivity contribution in [2.24, 2.45) is 5.92 Å². The van der Waals surface area contributed by atoms with Crippen LogP contribution in [0.2, 0.25) is 0 Å². The van der Waals surface area contributed by atoms with Crippen LogP contribution in [0.3, 0.4) is 0 Å². The molecule has 1 fully saturated rings. The number of amides is 2. The molecule has 0 spiro atoms. The molecule has 0 radical (unpaired) electrons. The van der Waals surface area contributed by atoms with Crippen molar-refractivity contribution in [3.8, 4) is 5.82 Å². The lowest BCUT2D eigenvalue weighted by molar-refractivity contribution is -0.126. The highest BCUT2D eigenvalue weighted by atomic mass is 16.2. The molecule has 2 amide bonds. The summed E-state index contributed by atoms with van der Waals surface area (Å²) in [5.74, 6) is 0.461. The number of imidazole rings is 1. The number of carbonyl (C=O) groups excluding carboxylic acids is 2. The maximum absolute atomic E-state index is 13.3. The lowest BCUT2D eigenvalue weighted by Gasteiger charge is -2.32. The van der Waals surface area contributed by atoms with Gasteiger partial charge in [-0.25, -0.2) is 9.97 Å². The highest BCUT2D eigenvalue weighted by Gasteiger charge is 2.29. The molecule has 5 rings (SSSR count). The SMILES string of the molecule is O=C(NCc1cccnc1-n1ccnc1)[C@@H]1CCCN(C(=O)c2cccc3ccccc23)C1. The number of benzene rings is 2. The van der Waals surface area contributed by atoms with E-state index in [9.17, 15) is 9.59 Å². The summed E-state index contributed by atoms with van der Waals surface area (Å²) in [6.07, 6.45) is 8.50. The van der Waals surface area contributed by atoms with E-state index in [2.05, 4.69) is 15.3 Å². The number of likely N-dealkylation sites (tertiary alicyclic amines) is 1. The van der Waals surface area contributed by atoms with Gasteiger partial charge < -0.3 is 10.2 Å². The Morgan fingerprint density at radius 1 is 1.03 bits per heavy atom. The Bertz CT molecular complexity index is 1280. The molecule has 2 aromatic heterocycles. The van der Waals surface area contributed by atoms with Gasteiger partial charge >= 0.3 is 0 Å². The van der Waals surface area contributed by atoms with Crippen LogP contribution in [0.1, 0.15) is 28.8 Å². The molecular formula is C26H25N5O2. The predicted molar refractivity (Wildman–Crippen MR) is 126 cm³/mol. The fourth-order valence-corrected chi connectivity index (χ4v) is 4.47. The first-order valence-corrected chi connectivity index (χ1v) is 11.2. The summed E-state index contributed by atoms with van der Waals surface area (Å²) in [6, 6.07) is 17.5. The van der Waals surface area contributed by atoms with Crippen molar-refractivity contribution in [3.05, 3.63) is 90.6 Å². The summed E-state index contributed by atoms with van der Waals surface area (Å²) >= 11 is 0. The van der Waals surface area contributed by atoms with Crippen molar-refractivity contribution in [2.75, 3.05) is 13.1 Å². The van der Waals surface area contributed by atoms with E-state index in [1.807, 2.05) is 70.3 Å². The summed E-state index contributed by atoms with van der Waals surface area (Å²) < 4.78 is 1.83. The van der Waals surface area contributed by atoms with Crippen molar-refractivity contribution < 1.29 is 9.59 Å². The van der Waals surface area contributed by atoms with Crippen molar-refractivity contribution in [1.82, 2.24) is 24.8 Å². The number of nitrogens with zero attached hydrogens (tertiary/aromatic N) is 4. The van der Waals surface area contributed by atoms with Crippen molar-refractivity contribution >= 4 is 22.6 Å². The van der Waals surface area contributed by atoms with Crippen molar-refractivity contribution in [3.63, 3.8) is 0 Å². The monoisotopic (exact) mass is 439 g/mol. The molecule has 3 heterocycles. The number of pyridine rings is 1. The Morgan fingerprint density at radius 2 is 1.91 bits per heavy atom. The van der Waals surface area contributed by atoms with E-state index in [1.165, 1.54) is 0 Å². The molecule has 0 unspecified atom stereocenters. The highest BCUT2D eigenvalue weighted by molar-refractivity contribution is 6.07. The normalized spacial score (nSPS) is 16.0. The van der Waals surface area contributed by atoms with Gasteiger partial charge in [-0.3, -0.25) is 14.2 Å². The van der Waals surface area contributed by atoms with E-state index >= 15 is 0 Å². The number of aromatic nitrogens is 3. The van der Waals surface area contributed by atoms with Gasteiger partial charge in [0, 0.05) is 49.4 Å². The summed E-state index contributed by atoms with van der Waals surface area (Å²) in [6.45, 7) is 1.46. The molecule has 1 atom stereocenters. The average molecular weight is 440 g/mol. The van der Waals surface area contributed by atoms with Crippen molar-refractivity contribution in [1.29, 1.82) is 0 Å². The summed E-state index contributed by atoms with van der Waals surface area (Å²) in [5.41, 5.74) is 1.60. The van der Waals surface area contributed by atoms with Crippen LogP contribution in [0.4, 0.5) is 0 Å². The number of hydrogen-bond acceptors (Lipinski definition) is 4. The van der Waals surface area contributed by atoms with Crippen LogP contribution in [-0.4, -0.2) is 44.3 Å². The third kappa shape index (κ3) is 4.35. The van der Waals surface area contributed by atoms with E-state index in [4.69, 9.17) is 0 Å². The van der Waals surface area contributed by atoms with Crippen molar-refractivity contribution in [2.45, 2.75) is 19.4 Å². The number of piperidine rings is 1. The van der Waals surface area contributed by atoms with Gasteiger partial charge in [0.25, 0.3) is 5.91 Å². The minimum atomic E-state index is -0.231. The summed E-state index contributed by atoms with van der Waals surface area (Å²) in [4.78, 5) is 36.6. The fraction of sp³-hybridized carbons (Fsp3) is 0.231. The van der Waals surface area contributed by atoms with Crippen LogP contribution in [0.15, 0.2) is 79.5 Å². The number of fused-ring (bicyclic) bond motifs is 1. The molecule has 0 bridgehead atoms. The second-order valence-electron chi connectivity index (χ2n) is 8.29. The van der Waals surface area contributed by atoms with Gasteiger partial charge in [-0.15, -0.1) is 0 Å². The molecule has 7 nitrogen and oxygen atoms in total. The van der Waals surface area contributed by atoms with Gasteiger partial charge in [0.1, 0.15) is 12.1 Å². The fourth-order valence-electron chi connectivity index (χ4n) is 4.47. The zero-order valence-electron chi connectivity index (χ0n) is 18.2. The molecule has 33 heavy (non-hydrogen) atoms. The first kappa shape index (κ1) is 20.9. The maximum atomic E-state index is 13.3.